The number of aryl methyl sites for hydroxylation is 5. The monoisotopic (exact) mass is 1790 g/mol. The number of rotatable bonds is 33. The molecule has 0 radical (unpaired) electrons. The van der Waals surface area contributed by atoms with Gasteiger partial charge in [0, 0.05) is 85.9 Å². The summed E-state index contributed by atoms with van der Waals surface area (Å²) in [5.74, 6) is -0.209. The van der Waals surface area contributed by atoms with Crippen LogP contribution in [-0.2, 0) is 140 Å². The lowest BCUT2D eigenvalue weighted by Gasteiger charge is -2.37. The van der Waals surface area contributed by atoms with Crippen molar-refractivity contribution in [3.05, 3.63) is 142 Å². The van der Waals surface area contributed by atoms with Gasteiger partial charge in [0.15, 0.2) is 18.7 Å². The SMILES string of the molecule is COCCOC1[C@@H](OP(=O)(S)OC[C@]23O[C@@H](n4cc(C)c(=O)[nH]c4=O)C(O[C@H]2C)[C@H]3OP(O)(=S)OC[C@H]2O[C@@H](n3cc(C)c(=O)[nH]c3=O)C[C@H]2OP(O)(=S)OC[C@H]2O[C@@H](n3cc(C)c(=O)[nH]c3=O)C[C@H]2OP(O)(=S)OC)[C@@H](COP(O)(=S)O[C@@H]2C3O[C@@H](C)[C@]2(CO)O[C@H]3n2cc(C)c(N)nc2=O)O[C@H]1n1cc(C)c(N)nc1=O. The van der Waals surface area contributed by atoms with Crippen molar-refractivity contribution >= 4 is 105 Å². The van der Waals surface area contributed by atoms with Crippen LogP contribution >= 0.6 is 45.9 Å². The second-order valence-electron chi connectivity index (χ2n) is 27.2. The van der Waals surface area contributed by atoms with E-state index in [2.05, 4.69) is 37.2 Å². The summed E-state index contributed by atoms with van der Waals surface area (Å²) in [5, 5.41) is 10.9. The molecular formula is C58H81N12O33P5S5. The van der Waals surface area contributed by atoms with E-state index >= 15 is 4.57 Å². The van der Waals surface area contributed by atoms with Gasteiger partial charge in [-0.3, -0.25) is 70.3 Å². The highest BCUT2D eigenvalue weighted by Gasteiger charge is 2.70. The molecule has 8 unspecified atom stereocenters. The van der Waals surface area contributed by atoms with Gasteiger partial charge in [-0.15, -0.1) is 0 Å². The van der Waals surface area contributed by atoms with Gasteiger partial charge in [0.1, 0.15) is 90.2 Å². The number of aliphatic hydroxyl groups is 1. The predicted octanol–water partition coefficient (Wildman–Crippen LogP) is -0.993. The van der Waals surface area contributed by atoms with Gasteiger partial charge in [0.2, 0.25) is 0 Å². The zero-order chi connectivity index (χ0) is 82.3. The van der Waals surface area contributed by atoms with E-state index in [1.807, 2.05) is 0 Å². The van der Waals surface area contributed by atoms with E-state index in [4.69, 9.17) is 147 Å². The number of nitrogen functional groups attached to an aromatic ring is 2. The number of aromatic nitrogens is 10. The lowest BCUT2D eigenvalue weighted by Crippen LogP contribution is -2.51. The van der Waals surface area contributed by atoms with Gasteiger partial charge in [-0.05, 0) is 95.7 Å². The topological polar surface area (TPSA) is 580 Å². The molecular weight excluding hydrogens is 1710 g/mol. The first-order valence-corrected chi connectivity index (χ1v) is 47.2. The largest absolute Gasteiger partial charge is 0.393 e. The zero-order valence-corrected chi connectivity index (χ0v) is 69.5. The third-order valence-electron chi connectivity index (χ3n) is 19.8. The Morgan fingerprint density at radius 1 is 0.531 bits per heavy atom. The van der Waals surface area contributed by atoms with E-state index in [0.717, 1.165) is 36.1 Å². The Bertz CT molecular complexity index is 5230. The van der Waals surface area contributed by atoms with Crippen LogP contribution in [0, 0.1) is 34.6 Å². The number of anilines is 2. The Morgan fingerprint density at radius 3 is 1.42 bits per heavy atom. The molecule has 0 spiro atoms. The summed E-state index contributed by atoms with van der Waals surface area (Å²) in [5.41, 5.74) is 2.00. The minimum absolute atomic E-state index is 0.00252. The van der Waals surface area contributed by atoms with Crippen LogP contribution in [0.25, 0.3) is 0 Å². The first-order chi connectivity index (χ1) is 52.9. The summed E-state index contributed by atoms with van der Waals surface area (Å²) in [4.78, 5) is 166. The molecule has 0 saturated carbocycles. The number of nitrogens with one attached hydrogen (secondary N) is 3. The smallest absolute Gasteiger partial charge is 0.386 e. The second-order valence-corrected chi connectivity index (χ2v) is 41.4. The first-order valence-electron chi connectivity index (χ1n) is 34.1. The Labute approximate surface area is 663 Å². The number of nitrogens with zero attached hydrogens (tertiary/aromatic N) is 7. The Hall–Kier alpha value is -4.38. The Morgan fingerprint density at radius 2 is 0.938 bits per heavy atom. The minimum atomic E-state index is -5.08. The minimum Gasteiger partial charge on any atom is -0.393 e. The van der Waals surface area contributed by atoms with Gasteiger partial charge in [0.05, 0.1) is 70.7 Å². The number of methoxy groups -OCH3 is 1. The second kappa shape index (κ2) is 34.0. The third-order valence-corrected chi connectivity index (χ3v) is 27.8. The third kappa shape index (κ3) is 18.5. The molecule has 7 fully saturated rings. The number of H-pyrrole nitrogens is 3. The predicted molar refractivity (Wildman–Crippen MR) is 405 cm³/mol. The van der Waals surface area contributed by atoms with Crippen LogP contribution in [0.4, 0.5) is 11.6 Å². The molecule has 0 amide bonds. The van der Waals surface area contributed by atoms with Crippen molar-refractivity contribution in [2.24, 2.45) is 0 Å². The van der Waals surface area contributed by atoms with Crippen molar-refractivity contribution in [3.8, 4) is 0 Å². The summed E-state index contributed by atoms with van der Waals surface area (Å²) in [7, 11) is 2.45. The number of hydrogen-bond donors (Lipinski definition) is 11. The standard InChI is InChI=1S/C58H81N12O33P5S5/c1-24-14-68(52(75)61-44(24)59)49-39(87-11-10-85-8)38(35(96-49)21-90-107(83,112)102-42-40-50(97-57(42,22-71)29(6)92-40)69-15-25(2)45(60)62-53(69)76)101-108(84,113)91-23-58-30(7)93-41(51(98-58)70-18-28(5)48(74)65-56(70)79)43(58)103-106(82,111)89-20-34-32(13-37(95-34)67-17-27(4)47(73)64-55(67)78)100-105(81,110)88-19-33-31(99-104(80,109)86-9)12-36(94-33)66-16-26(3)46(72)63-54(66)77/h14-18,29-43,49-51,71H,10-13,19-23H2,1-9H3,(H,80,109)(H,81,110)(H,82,111)(H,83,112)(H,84,113)(H2,59,61,75)(H2,60,62,76)(H,63,72,77)(H,64,73,78)(H,65,74,79)/t29-,30-,31+,32+,33+,34+,35+,36+,37+,38-,39?,40?,41?,42+,43+,49+,50+,51+,57-,58-,104?,105?,106?,107?,108?/m0/s1. The van der Waals surface area contributed by atoms with Gasteiger partial charge in [0.25, 0.3) is 16.7 Å². The number of thiol groups is 1. The fraction of sp³-hybridized carbons (Fsp3) is 0.655. The molecule has 7 aliphatic rings. The lowest BCUT2D eigenvalue weighted by molar-refractivity contribution is -0.218. The quantitative estimate of drug-likeness (QED) is 0.0136. The van der Waals surface area contributed by atoms with Crippen LogP contribution in [0.1, 0.15) is 85.6 Å². The van der Waals surface area contributed by atoms with Crippen LogP contribution in [-0.4, -0.2) is 223 Å². The fourth-order valence-corrected chi connectivity index (χ4v) is 20.7. The van der Waals surface area contributed by atoms with Crippen molar-refractivity contribution < 1.29 is 117 Å². The Balaban J connectivity index is 0.809. The van der Waals surface area contributed by atoms with Crippen LogP contribution < -0.4 is 56.6 Å². The maximum atomic E-state index is 15.4. The molecule has 5 aromatic heterocycles. The van der Waals surface area contributed by atoms with Gasteiger partial charge in [-0.1, -0.05) is 12.2 Å². The van der Waals surface area contributed by atoms with E-state index in [1.54, 1.807) is 13.8 Å². The van der Waals surface area contributed by atoms with E-state index in [0.29, 0.717) is 5.56 Å². The van der Waals surface area contributed by atoms with Crippen LogP contribution in [0.2, 0.25) is 0 Å². The molecule has 12 rings (SSSR count). The van der Waals surface area contributed by atoms with Gasteiger partial charge < -0.3 is 106 Å². The molecule has 12 N–H and O–H groups in total. The average molecular weight is 1790 g/mol. The molecule has 626 valence electrons. The van der Waals surface area contributed by atoms with Crippen LogP contribution in [0.15, 0.2) is 69.3 Å². The van der Waals surface area contributed by atoms with Crippen LogP contribution in [0.3, 0.4) is 0 Å². The summed E-state index contributed by atoms with van der Waals surface area (Å²) in [6.07, 6.45) is -20.0. The van der Waals surface area contributed by atoms with Crippen molar-refractivity contribution in [3.63, 3.8) is 0 Å². The molecule has 7 aliphatic heterocycles. The summed E-state index contributed by atoms with van der Waals surface area (Å²) in [6, 6.07) is 0. The summed E-state index contributed by atoms with van der Waals surface area (Å²) in [6.45, 7) is -17.4. The van der Waals surface area contributed by atoms with E-state index in [-0.39, 0.29) is 59.9 Å². The molecule has 55 heteroatoms. The highest BCUT2D eigenvalue weighted by atomic mass is 32.7. The van der Waals surface area contributed by atoms with E-state index in [1.165, 1.54) is 66.5 Å². The Kier molecular flexibility index (Phi) is 26.5. The number of hydrogen-bond acceptors (Lipinski definition) is 37. The van der Waals surface area contributed by atoms with Gasteiger partial charge >= 0.3 is 62.1 Å². The van der Waals surface area contributed by atoms with Crippen molar-refractivity contribution in [2.75, 3.05) is 71.9 Å². The van der Waals surface area contributed by atoms with E-state index < -0.39 is 234 Å². The highest BCUT2D eigenvalue weighted by Crippen LogP contribution is 2.63. The number of ether oxygens (including phenoxy) is 9. The van der Waals surface area contributed by atoms with Gasteiger partial charge in [-0.25, -0.2) is 28.5 Å². The number of nitrogens with two attached hydrogens (primary N) is 2. The maximum absolute atomic E-state index is 15.4. The molecule has 0 aromatic carbocycles. The lowest BCUT2D eigenvalue weighted by atomic mass is 9.94. The number of fused-ring (bicyclic) bond motifs is 4. The molecule has 113 heavy (non-hydrogen) atoms. The fourth-order valence-electron chi connectivity index (χ4n) is 13.9. The molecule has 45 nitrogen and oxygen atoms in total. The number of aliphatic hydroxyl groups excluding tert-OH is 1. The molecule has 7 saturated heterocycles. The van der Waals surface area contributed by atoms with Crippen LogP contribution in [0.5, 0.6) is 0 Å². The molecule has 25 atom stereocenters. The zero-order valence-electron chi connectivity index (χ0n) is 60.9. The van der Waals surface area contributed by atoms with Crippen molar-refractivity contribution in [1.29, 1.82) is 0 Å². The normalized spacial score (nSPS) is 33.3. The molecule has 4 bridgehead atoms. The van der Waals surface area contributed by atoms with Crippen molar-refractivity contribution in [2.45, 2.75) is 183 Å². The maximum Gasteiger partial charge on any atom is 0.386 e. The average Bonchev–Trinajstić information content (AvgIpc) is 1.56. The number of aromatic amines is 3. The van der Waals surface area contributed by atoms with Gasteiger partial charge in [-0.2, -0.15) is 9.97 Å². The first kappa shape index (κ1) is 87.9. The van der Waals surface area contributed by atoms with Crippen molar-refractivity contribution in [1.82, 2.24) is 47.8 Å². The summed E-state index contributed by atoms with van der Waals surface area (Å²) >= 11 is 26.3. The highest BCUT2D eigenvalue weighted by molar-refractivity contribution is 8.44. The molecule has 0 aliphatic carbocycles. The molecule has 12 heterocycles. The van der Waals surface area contributed by atoms with E-state index in [9.17, 15) is 63.0 Å². The summed E-state index contributed by atoms with van der Waals surface area (Å²) < 4.78 is 136. The molecule has 5 aromatic rings.